The van der Waals surface area contributed by atoms with E-state index in [1.54, 1.807) is 24.3 Å². The fourth-order valence-electron chi connectivity index (χ4n) is 1.94. The summed E-state index contributed by atoms with van der Waals surface area (Å²) in [6.45, 7) is 1.82. The predicted octanol–water partition coefficient (Wildman–Crippen LogP) is 4.58. The summed E-state index contributed by atoms with van der Waals surface area (Å²) in [5, 5.41) is 23.8. The molecular formula is C14H13Cl2NO2. The van der Waals surface area contributed by atoms with E-state index in [9.17, 15) is 10.2 Å². The van der Waals surface area contributed by atoms with Crippen molar-refractivity contribution in [2.45, 2.75) is 13.0 Å². The van der Waals surface area contributed by atoms with Gasteiger partial charge in [-0.2, -0.15) is 0 Å². The molecule has 3 nitrogen and oxygen atoms in total. The minimum absolute atomic E-state index is 0.0353. The zero-order valence-electron chi connectivity index (χ0n) is 10.2. The Balaban J connectivity index is 2.28. The molecule has 0 aliphatic heterocycles. The fraction of sp³-hybridized carbons (Fsp3) is 0.143. The molecule has 0 radical (unpaired) electrons. The first-order chi connectivity index (χ1) is 8.97. The highest BCUT2D eigenvalue weighted by molar-refractivity contribution is 6.35. The van der Waals surface area contributed by atoms with Crippen molar-refractivity contribution in [3.8, 4) is 11.5 Å². The Bertz CT molecular complexity index is 561. The lowest BCUT2D eigenvalue weighted by atomic mass is 10.1. The minimum atomic E-state index is -0.296. The Hall–Kier alpha value is -1.58. The molecule has 0 spiro atoms. The number of hydrogen-bond acceptors (Lipinski definition) is 3. The molecule has 0 aromatic heterocycles. The third kappa shape index (κ3) is 3.25. The van der Waals surface area contributed by atoms with Gasteiger partial charge in [0.25, 0.3) is 0 Å². The van der Waals surface area contributed by atoms with Gasteiger partial charge in [-0.05, 0) is 37.3 Å². The summed E-state index contributed by atoms with van der Waals surface area (Å²) in [6, 6.07) is 9.42. The molecule has 1 atom stereocenters. The standard InChI is InChI=1S/C14H13Cl2NO2/c1-8(14-12(18)3-2-4-13(14)19)17-11-6-9(15)5-10(16)7-11/h2-8,17-19H,1H3. The number of rotatable bonds is 3. The van der Waals surface area contributed by atoms with E-state index < -0.39 is 0 Å². The van der Waals surface area contributed by atoms with Crippen LogP contribution < -0.4 is 5.32 Å². The molecule has 100 valence electrons. The van der Waals surface area contributed by atoms with Crippen molar-refractivity contribution in [2.75, 3.05) is 5.32 Å². The molecule has 2 aromatic rings. The van der Waals surface area contributed by atoms with Gasteiger partial charge in [-0.3, -0.25) is 0 Å². The summed E-state index contributed by atoms with van der Waals surface area (Å²) in [5.41, 5.74) is 1.14. The third-order valence-electron chi connectivity index (χ3n) is 2.74. The number of benzene rings is 2. The Morgan fingerprint density at radius 2 is 1.53 bits per heavy atom. The molecule has 5 heteroatoms. The molecule has 0 aliphatic carbocycles. The van der Waals surface area contributed by atoms with Crippen molar-refractivity contribution < 1.29 is 10.2 Å². The summed E-state index contributed by atoms with van der Waals surface area (Å²) < 4.78 is 0. The lowest BCUT2D eigenvalue weighted by Crippen LogP contribution is -2.07. The van der Waals surface area contributed by atoms with Gasteiger partial charge in [-0.1, -0.05) is 29.3 Å². The van der Waals surface area contributed by atoms with Crippen LogP contribution in [-0.2, 0) is 0 Å². The zero-order valence-corrected chi connectivity index (χ0v) is 11.7. The van der Waals surface area contributed by atoms with Crippen LogP contribution in [0.15, 0.2) is 36.4 Å². The van der Waals surface area contributed by atoms with E-state index in [2.05, 4.69) is 5.32 Å². The van der Waals surface area contributed by atoms with Crippen LogP contribution in [0, 0.1) is 0 Å². The third-order valence-corrected chi connectivity index (χ3v) is 3.18. The number of hydrogen-bond donors (Lipinski definition) is 3. The monoisotopic (exact) mass is 297 g/mol. The van der Waals surface area contributed by atoms with Crippen molar-refractivity contribution in [1.82, 2.24) is 0 Å². The van der Waals surface area contributed by atoms with Crippen LogP contribution >= 0.6 is 23.2 Å². The van der Waals surface area contributed by atoms with Crippen molar-refractivity contribution in [1.29, 1.82) is 0 Å². The summed E-state index contributed by atoms with van der Waals surface area (Å²) in [5.74, 6) is 0.0706. The lowest BCUT2D eigenvalue weighted by Gasteiger charge is -2.18. The summed E-state index contributed by atoms with van der Waals surface area (Å²) in [4.78, 5) is 0. The molecule has 19 heavy (non-hydrogen) atoms. The molecule has 2 rings (SSSR count). The van der Waals surface area contributed by atoms with Gasteiger partial charge in [0.1, 0.15) is 11.5 Å². The second kappa shape index (κ2) is 5.59. The predicted molar refractivity (Wildman–Crippen MR) is 78.3 cm³/mol. The normalized spacial score (nSPS) is 12.2. The molecule has 1 unspecified atom stereocenters. The van der Waals surface area contributed by atoms with Gasteiger partial charge in [-0.25, -0.2) is 0 Å². The molecule has 3 N–H and O–H groups in total. The van der Waals surface area contributed by atoms with Crippen LogP contribution in [-0.4, -0.2) is 10.2 Å². The maximum Gasteiger partial charge on any atom is 0.124 e. The maximum atomic E-state index is 9.80. The molecule has 0 aliphatic rings. The van der Waals surface area contributed by atoms with Crippen LogP contribution in [0.1, 0.15) is 18.5 Å². The maximum absolute atomic E-state index is 9.80. The Kier molecular flexibility index (Phi) is 4.08. The van der Waals surface area contributed by atoms with E-state index in [0.29, 0.717) is 21.3 Å². The summed E-state index contributed by atoms with van der Waals surface area (Å²) >= 11 is 11.8. The highest BCUT2D eigenvalue weighted by atomic mass is 35.5. The van der Waals surface area contributed by atoms with Crippen LogP contribution in [0.3, 0.4) is 0 Å². The molecule has 0 heterocycles. The fourth-order valence-corrected chi connectivity index (χ4v) is 2.47. The van der Waals surface area contributed by atoms with Crippen LogP contribution in [0.2, 0.25) is 10.0 Å². The molecular weight excluding hydrogens is 285 g/mol. The van der Waals surface area contributed by atoms with E-state index >= 15 is 0 Å². The zero-order chi connectivity index (χ0) is 14.0. The number of halogens is 2. The van der Waals surface area contributed by atoms with Gasteiger partial charge in [0.15, 0.2) is 0 Å². The summed E-state index contributed by atoms with van der Waals surface area (Å²) in [7, 11) is 0. The van der Waals surface area contributed by atoms with Gasteiger partial charge >= 0.3 is 0 Å². The van der Waals surface area contributed by atoms with Gasteiger partial charge in [-0.15, -0.1) is 0 Å². The van der Waals surface area contributed by atoms with E-state index in [0.717, 1.165) is 0 Å². The van der Waals surface area contributed by atoms with Gasteiger partial charge < -0.3 is 15.5 Å². The molecule has 0 saturated carbocycles. The number of aromatic hydroxyl groups is 2. The van der Waals surface area contributed by atoms with E-state index in [1.807, 2.05) is 6.92 Å². The average Bonchev–Trinajstić information content (AvgIpc) is 2.26. The molecule has 0 amide bonds. The van der Waals surface area contributed by atoms with Gasteiger partial charge in [0.05, 0.1) is 11.6 Å². The van der Waals surface area contributed by atoms with E-state index in [4.69, 9.17) is 23.2 Å². The van der Waals surface area contributed by atoms with Crippen LogP contribution in [0.5, 0.6) is 11.5 Å². The number of phenols is 2. The molecule has 0 bridgehead atoms. The van der Waals surface area contributed by atoms with Crippen LogP contribution in [0.25, 0.3) is 0 Å². The molecule has 2 aromatic carbocycles. The topological polar surface area (TPSA) is 52.5 Å². The Labute approximate surface area is 121 Å². The Morgan fingerprint density at radius 3 is 2.05 bits per heavy atom. The molecule has 0 fully saturated rings. The van der Waals surface area contributed by atoms with Crippen molar-refractivity contribution in [3.63, 3.8) is 0 Å². The minimum Gasteiger partial charge on any atom is -0.507 e. The lowest BCUT2D eigenvalue weighted by molar-refractivity contribution is 0.434. The van der Waals surface area contributed by atoms with E-state index in [1.165, 1.54) is 12.1 Å². The first-order valence-corrected chi connectivity index (χ1v) is 6.46. The Morgan fingerprint density at radius 1 is 1.00 bits per heavy atom. The first kappa shape index (κ1) is 13.8. The second-order valence-corrected chi connectivity index (χ2v) is 5.11. The van der Waals surface area contributed by atoms with Crippen molar-refractivity contribution in [2.24, 2.45) is 0 Å². The van der Waals surface area contributed by atoms with Gasteiger partial charge in [0.2, 0.25) is 0 Å². The average molecular weight is 298 g/mol. The number of phenolic OH excluding ortho intramolecular Hbond substituents is 2. The van der Waals surface area contributed by atoms with Crippen molar-refractivity contribution in [3.05, 3.63) is 52.0 Å². The number of anilines is 1. The van der Waals surface area contributed by atoms with Crippen molar-refractivity contribution >= 4 is 28.9 Å². The smallest absolute Gasteiger partial charge is 0.124 e. The van der Waals surface area contributed by atoms with E-state index in [-0.39, 0.29) is 17.5 Å². The highest BCUT2D eigenvalue weighted by Crippen LogP contribution is 2.34. The number of nitrogens with one attached hydrogen (secondary N) is 1. The largest absolute Gasteiger partial charge is 0.507 e. The second-order valence-electron chi connectivity index (χ2n) is 4.23. The first-order valence-electron chi connectivity index (χ1n) is 5.71. The highest BCUT2D eigenvalue weighted by Gasteiger charge is 2.15. The SMILES string of the molecule is CC(Nc1cc(Cl)cc(Cl)c1)c1c(O)cccc1O. The summed E-state index contributed by atoms with van der Waals surface area (Å²) in [6.07, 6.45) is 0. The molecule has 0 saturated heterocycles. The quantitative estimate of drug-likeness (QED) is 0.777. The van der Waals surface area contributed by atoms with Crippen LogP contribution in [0.4, 0.5) is 5.69 Å². The van der Waals surface area contributed by atoms with Gasteiger partial charge in [0, 0.05) is 15.7 Å².